The minimum atomic E-state index is -0.509. The van der Waals surface area contributed by atoms with E-state index >= 15 is 0 Å². The normalized spacial score (nSPS) is 15.6. The number of hydrogen-bond donors (Lipinski definition) is 3. The molecular formula is C20H18ClN5O2. The standard InChI is InChI=1S/C20H18ClN5O2/c21-18-6-4-14(11-23-18)17-7-8-22-20(25-17)24-16-5-3-12-1-2-13(19(27)26-28)9-15(12)10-16/h1-2,4,6-9,11,16,28H,3,5,10H2,(H,26,27)(H,22,24,25). The first-order valence-corrected chi connectivity index (χ1v) is 9.28. The third-order valence-corrected chi connectivity index (χ3v) is 5.03. The molecule has 2 aromatic heterocycles. The molecule has 0 fully saturated rings. The minimum absolute atomic E-state index is 0.151. The van der Waals surface area contributed by atoms with Crippen molar-refractivity contribution in [3.05, 3.63) is 70.6 Å². The quantitative estimate of drug-likeness (QED) is 0.356. The summed E-state index contributed by atoms with van der Waals surface area (Å²) in [7, 11) is 0. The van der Waals surface area contributed by atoms with E-state index in [9.17, 15) is 4.79 Å². The molecule has 1 amide bonds. The summed E-state index contributed by atoms with van der Waals surface area (Å²) in [5, 5.41) is 12.7. The number of nitrogens with one attached hydrogen (secondary N) is 2. The molecule has 1 aliphatic rings. The zero-order valence-corrected chi connectivity index (χ0v) is 15.6. The van der Waals surface area contributed by atoms with Crippen molar-refractivity contribution in [2.24, 2.45) is 0 Å². The molecule has 0 spiro atoms. The molecule has 0 aliphatic heterocycles. The van der Waals surface area contributed by atoms with Crippen LogP contribution in [0.5, 0.6) is 0 Å². The van der Waals surface area contributed by atoms with Gasteiger partial charge in [0.25, 0.3) is 5.91 Å². The highest BCUT2D eigenvalue weighted by molar-refractivity contribution is 6.29. The van der Waals surface area contributed by atoms with Crippen LogP contribution in [0.3, 0.4) is 0 Å². The van der Waals surface area contributed by atoms with Crippen LogP contribution in [0.1, 0.15) is 27.9 Å². The van der Waals surface area contributed by atoms with Crippen LogP contribution in [0.2, 0.25) is 5.15 Å². The second-order valence-corrected chi connectivity index (χ2v) is 7.03. The molecule has 0 saturated heterocycles. The number of carbonyl (C=O) groups is 1. The Bertz CT molecular complexity index is 1010. The van der Waals surface area contributed by atoms with Gasteiger partial charge in [0.05, 0.1) is 5.69 Å². The van der Waals surface area contributed by atoms with Crippen molar-refractivity contribution in [2.75, 3.05) is 5.32 Å². The molecule has 28 heavy (non-hydrogen) atoms. The predicted molar refractivity (Wildman–Crippen MR) is 105 cm³/mol. The minimum Gasteiger partial charge on any atom is -0.351 e. The van der Waals surface area contributed by atoms with Crippen molar-refractivity contribution < 1.29 is 10.0 Å². The van der Waals surface area contributed by atoms with Gasteiger partial charge in [0.2, 0.25) is 5.95 Å². The Kier molecular flexibility index (Phi) is 5.18. The maximum absolute atomic E-state index is 11.7. The summed E-state index contributed by atoms with van der Waals surface area (Å²) in [6.45, 7) is 0. The van der Waals surface area contributed by atoms with Gasteiger partial charge in [-0.15, -0.1) is 0 Å². The molecule has 0 radical (unpaired) electrons. The number of fused-ring (bicyclic) bond motifs is 1. The summed E-state index contributed by atoms with van der Waals surface area (Å²) in [4.78, 5) is 24.6. The fourth-order valence-corrected chi connectivity index (χ4v) is 3.50. The first kappa shape index (κ1) is 18.3. The number of hydrogen-bond acceptors (Lipinski definition) is 6. The average Bonchev–Trinajstić information content (AvgIpc) is 2.73. The number of carbonyl (C=O) groups excluding carboxylic acids is 1. The lowest BCUT2D eigenvalue weighted by Gasteiger charge is -2.26. The molecule has 3 N–H and O–H groups in total. The SMILES string of the molecule is O=C(NO)c1ccc2c(c1)CC(Nc1nccc(-c3ccc(Cl)nc3)n1)CC2. The van der Waals surface area contributed by atoms with Crippen LogP contribution >= 0.6 is 11.6 Å². The molecule has 4 rings (SSSR count). The number of halogens is 1. The molecule has 142 valence electrons. The number of benzene rings is 1. The zero-order chi connectivity index (χ0) is 19.5. The van der Waals surface area contributed by atoms with Gasteiger partial charge in [-0.25, -0.2) is 20.4 Å². The Labute approximate surface area is 166 Å². The van der Waals surface area contributed by atoms with Crippen LogP contribution in [0.25, 0.3) is 11.3 Å². The molecule has 0 saturated carbocycles. The molecule has 7 nitrogen and oxygen atoms in total. The van der Waals surface area contributed by atoms with E-state index in [1.54, 1.807) is 30.0 Å². The Morgan fingerprint density at radius 1 is 1.14 bits per heavy atom. The van der Waals surface area contributed by atoms with Crippen LogP contribution in [-0.2, 0) is 12.8 Å². The van der Waals surface area contributed by atoms with Crippen LogP contribution in [0.4, 0.5) is 5.95 Å². The maximum atomic E-state index is 11.7. The van der Waals surface area contributed by atoms with Crippen molar-refractivity contribution in [1.82, 2.24) is 20.4 Å². The van der Waals surface area contributed by atoms with E-state index in [0.717, 1.165) is 36.1 Å². The van der Waals surface area contributed by atoms with Gasteiger partial charge in [-0.3, -0.25) is 10.0 Å². The van der Waals surface area contributed by atoms with Crippen LogP contribution in [-0.4, -0.2) is 32.1 Å². The highest BCUT2D eigenvalue weighted by atomic mass is 35.5. The van der Waals surface area contributed by atoms with Crippen molar-refractivity contribution in [3.8, 4) is 11.3 Å². The van der Waals surface area contributed by atoms with Gasteiger partial charge in [0.15, 0.2) is 0 Å². The number of anilines is 1. The van der Waals surface area contributed by atoms with Crippen molar-refractivity contribution in [1.29, 1.82) is 0 Å². The highest BCUT2D eigenvalue weighted by Crippen LogP contribution is 2.25. The second kappa shape index (κ2) is 7.92. The first-order chi connectivity index (χ1) is 13.6. The molecular weight excluding hydrogens is 378 g/mol. The lowest BCUT2D eigenvalue weighted by atomic mass is 9.87. The fourth-order valence-electron chi connectivity index (χ4n) is 3.38. The summed E-state index contributed by atoms with van der Waals surface area (Å²) in [5.74, 6) is 0.0376. The third kappa shape index (κ3) is 3.95. The molecule has 1 unspecified atom stereocenters. The molecule has 8 heteroatoms. The summed E-state index contributed by atoms with van der Waals surface area (Å²) in [5.41, 5.74) is 6.05. The average molecular weight is 396 g/mol. The van der Waals surface area contributed by atoms with Gasteiger partial charge >= 0.3 is 0 Å². The van der Waals surface area contributed by atoms with E-state index in [0.29, 0.717) is 16.7 Å². The number of nitrogens with zero attached hydrogens (tertiary/aromatic N) is 3. The largest absolute Gasteiger partial charge is 0.351 e. The van der Waals surface area contributed by atoms with E-state index in [-0.39, 0.29) is 6.04 Å². The molecule has 0 bridgehead atoms. The molecule has 1 atom stereocenters. The van der Waals surface area contributed by atoms with Gasteiger partial charge < -0.3 is 5.32 Å². The zero-order valence-electron chi connectivity index (χ0n) is 14.9. The van der Waals surface area contributed by atoms with Crippen LogP contribution < -0.4 is 10.8 Å². The Hall–Kier alpha value is -3.03. The highest BCUT2D eigenvalue weighted by Gasteiger charge is 2.20. The second-order valence-electron chi connectivity index (χ2n) is 6.64. The number of rotatable bonds is 4. The molecule has 2 heterocycles. The van der Waals surface area contributed by atoms with Gasteiger partial charge in [0, 0.05) is 29.6 Å². The van der Waals surface area contributed by atoms with E-state index in [4.69, 9.17) is 16.8 Å². The molecule has 1 aromatic carbocycles. The number of aromatic nitrogens is 3. The van der Waals surface area contributed by atoms with Crippen molar-refractivity contribution in [3.63, 3.8) is 0 Å². The Balaban J connectivity index is 1.50. The summed E-state index contributed by atoms with van der Waals surface area (Å²) < 4.78 is 0. The summed E-state index contributed by atoms with van der Waals surface area (Å²) in [6, 6.07) is 11.1. The Morgan fingerprint density at radius 2 is 2.04 bits per heavy atom. The predicted octanol–water partition coefficient (Wildman–Crippen LogP) is 3.28. The van der Waals surface area contributed by atoms with Crippen molar-refractivity contribution in [2.45, 2.75) is 25.3 Å². The van der Waals surface area contributed by atoms with E-state index in [1.807, 2.05) is 24.3 Å². The van der Waals surface area contributed by atoms with Gasteiger partial charge in [-0.05, 0) is 60.7 Å². The van der Waals surface area contributed by atoms with E-state index in [1.165, 1.54) is 5.56 Å². The number of aryl methyl sites for hydroxylation is 1. The number of amides is 1. The van der Waals surface area contributed by atoms with Gasteiger partial charge in [0.1, 0.15) is 5.15 Å². The Morgan fingerprint density at radius 3 is 2.82 bits per heavy atom. The first-order valence-electron chi connectivity index (χ1n) is 8.90. The maximum Gasteiger partial charge on any atom is 0.274 e. The lowest BCUT2D eigenvalue weighted by Crippen LogP contribution is -2.29. The summed E-state index contributed by atoms with van der Waals surface area (Å²) in [6.07, 6.45) is 5.97. The number of pyridine rings is 1. The lowest BCUT2D eigenvalue weighted by molar-refractivity contribution is 0.0706. The monoisotopic (exact) mass is 395 g/mol. The molecule has 1 aliphatic carbocycles. The van der Waals surface area contributed by atoms with Gasteiger partial charge in [-0.1, -0.05) is 17.7 Å². The van der Waals surface area contributed by atoms with E-state index in [2.05, 4.69) is 20.3 Å². The van der Waals surface area contributed by atoms with E-state index < -0.39 is 5.91 Å². The fraction of sp³-hybridized carbons (Fsp3) is 0.200. The van der Waals surface area contributed by atoms with Gasteiger partial charge in [-0.2, -0.15) is 0 Å². The topological polar surface area (TPSA) is 100 Å². The van der Waals surface area contributed by atoms with Crippen LogP contribution in [0, 0.1) is 0 Å². The summed E-state index contributed by atoms with van der Waals surface area (Å²) >= 11 is 5.85. The van der Waals surface area contributed by atoms with Crippen LogP contribution in [0.15, 0.2) is 48.8 Å². The van der Waals surface area contributed by atoms with Crippen molar-refractivity contribution >= 4 is 23.5 Å². The smallest absolute Gasteiger partial charge is 0.274 e. The third-order valence-electron chi connectivity index (χ3n) is 4.81. The molecule has 3 aromatic rings. The number of hydroxylamine groups is 1.